The van der Waals surface area contributed by atoms with E-state index in [1.165, 1.54) is 32.1 Å². The average Bonchev–Trinajstić information content (AvgIpc) is 3.09. The molecule has 0 bridgehead atoms. The predicted octanol–water partition coefficient (Wildman–Crippen LogP) is 1.62. The van der Waals surface area contributed by atoms with Crippen molar-refractivity contribution in [2.24, 2.45) is 11.7 Å². The Kier molecular flexibility index (Phi) is 3.82. The molecular weight excluding hydrogens is 238 g/mol. The fraction of sp³-hybridized carbons (Fsp3) is 0.714. The minimum absolute atomic E-state index is 0.595. The van der Waals surface area contributed by atoms with Crippen LogP contribution in [0, 0.1) is 5.92 Å². The molecule has 1 atom stereocenters. The van der Waals surface area contributed by atoms with Crippen LogP contribution in [0.4, 0.5) is 11.6 Å². The van der Waals surface area contributed by atoms with E-state index in [2.05, 4.69) is 26.3 Å². The molecule has 2 heterocycles. The van der Waals surface area contributed by atoms with Crippen LogP contribution >= 0.6 is 0 Å². The summed E-state index contributed by atoms with van der Waals surface area (Å²) in [6.07, 6.45) is 8.03. The second-order valence-electron chi connectivity index (χ2n) is 5.72. The number of hydrogen-bond donors (Lipinski definition) is 2. The SMILES string of the molecule is NCC1CCN(c2cc(NC3CCCC3)ncn2)C1. The number of nitrogens with one attached hydrogen (secondary N) is 1. The van der Waals surface area contributed by atoms with Crippen molar-refractivity contribution in [1.29, 1.82) is 0 Å². The molecule has 19 heavy (non-hydrogen) atoms. The summed E-state index contributed by atoms with van der Waals surface area (Å²) in [7, 11) is 0. The molecule has 1 aromatic rings. The molecule has 1 saturated heterocycles. The lowest BCUT2D eigenvalue weighted by Crippen LogP contribution is -2.24. The molecule has 2 aliphatic rings. The summed E-state index contributed by atoms with van der Waals surface area (Å²) in [5, 5.41) is 3.53. The third-order valence-electron chi connectivity index (χ3n) is 4.30. The van der Waals surface area contributed by atoms with Gasteiger partial charge in [0.15, 0.2) is 0 Å². The van der Waals surface area contributed by atoms with Crippen molar-refractivity contribution < 1.29 is 0 Å². The Labute approximate surface area is 114 Å². The third-order valence-corrected chi connectivity index (χ3v) is 4.30. The highest BCUT2D eigenvalue weighted by molar-refractivity contribution is 5.49. The molecule has 3 rings (SSSR count). The second kappa shape index (κ2) is 5.74. The highest BCUT2D eigenvalue weighted by Crippen LogP contribution is 2.25. The molecule has 1 aliphatic heterocycles. The van der Waals surface area contributed by atoms with Gasteiger partial charge in [-0.05, 0) is 31.7 Å². The van der Waals surface area contributed by atoms with E-state index in [1.54, 1.807) is 6.33 Å². The van der Waals surface area contributed by atoms with Gasteiger partial charge in [0, 0.05) is 25.2 Å². The molecule has 0 radical (unpaired) electrons. The second-order valence-corrected chi connectivity index (χ2v) is 5.72. The van der Waals surface area contributed by atoms with Crippen molar-refractivity contribution in [2.45, 2.75) is 38.1 Å². The lowest BCUT2D eigenvalue weighted by Gasteiger charge is -2.19. The maximum atomic E-state index is 5.74. The molecule has 0 spiro atoms. The zero-order chi connectivity index (χ0) is 13.1. The van der Waals surface area contributed by atoms with Crippen LogP contribution in [0.5, 0.6) is 0 Å². The van der Waals surface area contributed by atoms with Crippen LogP contribution in [-0.2, 0) is 0 Å². The Hall–Kier alpha value is -1.36. The van der Waals surface area contributed by atoms with E-state index in [0.29, 0.717) is 12.0 Å². The van der Waals surface area contributed by atoms with E-state index in [4.69, 9.17) is 5.73 Å². The highest BCUT2D eigenvalue weighted by Gasteiger charge is 2.23. The fourth-order valence-electron chi connectivity index (χ4n) is 3.11. The first-order chi connectivity index (χ1) is 9.35. The van der Waals surface area contributed by atoms with Crippen LogP contribution in [0.15, 0.2) is 12.4 Å². The molecule has 1 aromatic heterocycles. The quantitative estimate of drug-likeness (QED) is 0.862. The van der Waals surface area contributed by atoms with Gasteiger partial charge in [-0.1, -0.05) is 12.8 Å². The highest BCUT2D eigenvalue weighted by atomic mass is 15.2. The van der Waals surface area contributed by atoms with E-state index in [0.717, 1.165) is 31.3 Å². The van der Waals surface area contributed by atoms with Crippen LogP contribution in [-0.4, -0.2) is 35.6 Å². The number of nitrogens with zero attached hydrogens (tertiary/aromatic N) is 3. The minimum Gasteiger partial charge on any atom is -0.367 e. The van der Waals surface area contributed by atoms with Gasteiger partial charge in [0.2, 0.25) is 0 Å². The van der Waals surface area contributed by atoms with Crippen LogP contribution in [0.1, 0.15) is 32.1 Å². The van der Waals surface area contributed by atoms with Gasteiger partial charge in [0.1, 0.15) is 18.0 Å². The van der Waals surface area contributed by atoms with Crippen LogP contribution < -0.4 is 16.0 Å². The van der Waals surface area contributed by atoms with E-state index in [1.807, 2.05) is 0 Å². The van der Waals surface area contributed by atoms with Crippen molar-refractivity contribution in [3.05, 3.63) is 12.4 Å². The van der Waals surface area contributed by atoms with Gasteiger partial charge in [-0.25, -0.2) is 9.97 Å². The molecular formula is C14H23N5. The molecule has 5 heteroatoms. The van der Waals surface area contributed by atoms with Crippen molar-refractivity contribution in [1.82, 2.24) is 9.97 Å². The van der Waals surface area contributed by atoms with E-state index >= 15 is 0 Å². The van der Waals surface area contributed by atoms with Gasteiger partial charge in [0.05, 0.1) is 0 Å². The van der Waals surface area contributed by atoms with E-state index in [-0.39, 0.29) is 0 Å². The molecule has 1 unspecified atom stereocenters. The van der Waals surface area contributed by atoms with E-state index < -0.39 is 0 Å². The molecule has 1 saturated carbocycles. The molecule has 3 N–H and O–H groups in total. The summed E-state index contributed by atoms with van der Waals surface area (Å²) in [5.74, 6) is 2.61. The van der Waals surface area contributed by atoms with E-state index in [9.17, 15) is 0 Å². The first kappa shape index (κ1) is 12.7. The summed E-state index contributed by atoms with van der Waals surface area (Å²) in [4.78, 5) is 11.1. The zero-order valence-corrected chi connectivity index (χ0v) is 11.4. The number of anilines is 2. The Morgan fingerprint density at radius 2 is 2.11 bits per heavy atom. The van der Waals surface area contributed by atoms with Crippen molar-refractivity contribution >= 4 is 11.6 Å². The van der Waals surface area contributed by atoms with Crippen molar-refractivity contribution in [2.75, 3.05) is 29.9 Å². The van der Waals surface area contributed by atoms with Gasteiger partial charge in [0.25, 0.3) is 0 Å². The van der Waals surface area contributed by atoms with Crippen molar-refractivity contribution in [3.8, 4) is 0 Å². The van der Waals surface area contributed by atoms with Gasteiger partial charge in [-0.15, -0.1) is 0 Å². The Morgan fingerprint density at radius 3 is 2.84 bits per heavy atom. The number of nitrogens with two attached hydrogens (primary N) is 1. The van der Waals surface area contributed by atoms with Gasteiger partial charge < -0.3 is 16.0 Å². The Bertz CT molecular complexity index is 416. The molecule has 2 fully saturated rings. The molecule has 0 amide bonds. The molecule has 0 aromatic carbocycles. The summed E-state index contributed by atoms with van der Waals surface area (Å²) < 4.78 is 0. The van der Waals surface area contributed by atoms with Crippen LogP contribution in [0.25, 0.3) is 0 Å². The monoisotopic (exact) mass is 261 g/mol. The zero-order valence-electron chi connectivity index (χ0n) is 11.4. The first-order valence-corrected chi connectivity index (χ1v) is 7.39. The van der Waals surface area contributed by atoms with Gasteiger partial charge >= 0.3 is 0 Å². The normalized spacial score (nSPS) is 24.1. The summed E-state index contributed by atoms with van der Waals surface area (Å²) in [5.41, 5.74) is 5.74. The predicted molar refractivity (Wildman–Crippen MR) is 77.3 cm³/mol. The number of aromatic nitrogens is 2. The minimum atomic E-state index is 0.595. The summed E-state index contributed by atoms with van der Waals surface area (Å²) in [6.45, 7) is 2.85. The maximum absolute atomic E-state index is 5.74. The fourth-order valence-corrected chi connectivity index (χ4v) is 3.11. The maximum Gasteiger partial charge on any atom is 0.134 e. The lowest BCUT2D eigenvalue weighted by molar-refractivity contribution is 0.602. The molecule has 5 nitrogen and oxygen atoms in total. The largest absolute Gasteiger partial charge is 0.367 e. The Balaban J connectivity index is 1.65. The smallest absolute Gasteiger partial charge is 0.134 e. The molecule has 1 aliphatic carbocycles. The van der Waals surface area contributed by atoms with Gasteiger partial charge in [-0.2, -0.15) is 0 Å². The van der Waals surface area contributed by atoms with Crippen LogP contribution in [0.2, 0.25) is 0 Å². The van der Waals surface area contributed by atoms with Crippen LogP contribution in [0.3, 0.4) is 0 Å². The summed E-state index contributed by atoms with van der Waals surface area (Å²) >= 11 is 0. The van der Waals surface area contributed by atoms with Crippen molar-refractivity contribution in [3.63, 3.8) is 0 Å². The third kappa shape index (κ3) is 2.97. The van der Waals surface area contributed by atoms with Gasteiger partial charge in [-0.3, -0.25) is 0 Å². The standard InChI is InChI=1S/C14H23N5/c15-8-11-5-6-19(9-11)14-7-13(16-10-17-14)18-12-3-1-2-4-12/h7,10-12H,1-6,8-9,15H2,(H,16,17,18). The number of hydrogen-bond acceptors (Lipinski definition) is 5. The Morgan fingerprint density at radius 1 is 1.26 bits per heavy atom. The summed E-state index contributed by atoms with van der Waals surface area (Å²) in [6, 6.07) is 2.68. The average molecular weight is 261 g/mol. The number of rotatable bonds is 4. The lowest BCUT2D eigenvalue weighted by atomic mass is 10.1. The topological polar surface area (TPSA) is 67.1 Å². The molecule has 104 valence electrons. The first-order valence-electron chi connectivity index (χ1n) is 7.39.